The van der Waals surface area contributed by atoms with Crippen LogP contribution in [0.5, 0.6) is 0 Å². The number of anilines is 1. The fourth-order valence-corrected chi connectivity index (χ4v) is 7.24. The first-order valence-corrected chi connectivity index (χ1v) is 14.8. The summed E-state index contributed by atoms with van der Waals surface area (Å²) in [5.41, 5.74) is 4.07. The van der Waals surface area contributed by atoms with E-state index in [1.54, 1.807) is 6.07 Å². The minimum absolute atomic E-state index is 0.297. The Balaban J connectivity index is 1.24. The Kier molecular flexibility index (Phi) is 6.15. The van der Waals surface area contributed by atoms with Crippen molar-refractivity contribution < 1.29 is 19.1 Å². The summed E-state index contributed by atoms with van der Waals surface area (Å²) in [5, 5.41) is 1.74. The van der Waals surface area contributed by atoms with Gasteiger partial charge in [-0.1, -0.05) is 121 Å². The Morgan fingerprint density at radius 2 is 1.27 bits per heavy atom. The lowest BCUT2D eigenvalue weighted by atomic mass is 9.84. The molecule has 2 amide bonds. The zero-order valence-electron chi connectivity index (χ0n) is 23.7. The second kappa shape index (κ2) is 10.3. The molecule has 6 nitrogen and oxygen atoms in total. The normalized spacial score (nSPS) is 21.8. The van der Waals surface area contributed by atoms with Gasteiger partial charge in [-0.25, -0.2) is 9.69 Å². The van der Waals surface area contributed by atoms with Crippen molar-refractivity contribution in [3.63, 3.8) is 0 Å². The third kappa shape index (κ3) is 3.98. The summed E-state index contributed by atoms with van der Waals surface area (Å²) in [6.45, 7) is 0. The van der Waals surface area contributed by atoms with E-state index in [1.807, 2.05) is 139 Å². The van der Waals surface area contributed by atoms with Crippen LogP contribution in [0, 0.1) is 11.8 Å². The highest BCUT2D eigenvalue weighted by atomic mass is 16.5. The summed E-state index contributed by atoms with van der Waals surface area (Å²) in [5.74, 6) is -2.88. The van der Waals surface area contributed by atoms with Crippen molar-refractivity contribution in [3.8, 4) is 0 Å². The van der Waals surface area contributed by atoms with Crippen molar-refractivity contribution in [1.82, 2.24) is 4.90 Å². The lowest BCUT2D eigenvalue weighted by Crippen LogP contribution is -2.45. The number of fused-ring (bicyclic) bond motifs is 6. The Morgan fingerprint density at radius 3 is 2.02 bits per heavy atom. The van der Waals surface area contributed by atoms with Gasteiger partial charge in [0.15, 0.2) is 6.10 Å². The molecule has 0 unspecified atom stereocenters. The first-order valence-electron chi connectivity index (χ1n) is 14.8. The highest BCUT2D eigenvalue weighted by Crippen LogP contribution is 2.54. The van der Waals surface area contributed by atoms with Gasteiger partial charge in [-0.3, -0.25) is 9.59 Å². The Labute approximate surface area is 254 Å². The van der Waals surface area contributed by atoms with Crippen LogP contribution in [0.4, 0.5) is 5.69 Å². The lowest BCUT2D eigenvalue weighted by Gasteiger charge is -2.35. The minimum Gasteiger partial charge on any atom is -0.451 e. The average molecular weight is 577 g/mol. The molecule has 8 rings (SSSR count). The standard InChI is InChI=1S/C38H28N2O4/c41-36-31-32(37(42)40(36)30-21-11-18-24-12-7-9-19-28(24)30)34(39-23-22-25-13-8-10-20-29(25)33(31)39)38(43)44-35(26-14-3-1-4-15-26)27-16-5-2-6-17-27/h1-23,31-35H/t31-,32-,33+,34-/m0/s1. The number of carbonyl (C=O) groups is 3. The number of nitrogens with zero attached hydrogens (tertiary/aromatic N) is 2. The first-order chi connectivity index (χ1) is 21.6. The molecule has 2 saturated heterocycles. The number of ether oxygens (including phenoxy) is 1. The van der Waals surface area contributed by atoms with Gasteiger partial charge in [0, 0.05) is 11.6 Å². The van der Waals surface area contributed by atoms with Gasteiger partial charge in [-0.05, 0) is 39.8 Å². The van der Waals surface area contributed by atoms with Gasteiger partial charge >= 0.3 is 5.97 Å². The van der Waals surface area contributed by atoms with E-state index < -0.39 is 36.0 Å². The minimum atomic E-state index is -0.985. The topological polar surface area (TPSA) is 66.9 Å². The van der Waals surface area contributed by atoms with Gasteiger partial charge in [0.1, 0.15) is 6.04 Å². The molecule has 214 valence electrons. The lowest BCUT2D eigenvalue weighted by molar-refractivity contribution is -0.155. The molecule has 2 fully saturated rings. The fourth-order valence-electron chi connectivity index (χ4n) is 7.24. The molecule has 0 N–H and O–H groups in total. The predicted molar refractivity (Wildman–Crippen MR) is 168 cm³/mol. The summed E-state index contributed by atoms with van der Waals surface area (Å²) >= 11 is 0. The maximum absolute atomic E-state index is 14.5. The fraction of sp³-hybridized carbons (Fsp3) is 0.132. The molecule has 4 atom stereocenters. The zero-order chi connectivity index (χ0) is 29.8. The van der Waals surface area contributed by atoms with Crippen molar-refractivity contribution in [3.05, 3.63) is 156 Å². The van der Waals surface area contributed by atoms with E-state index in [0.717, 1.165) is 33.0 Å². The Bertz CT molecular complexity index is 1910. The van der Waals surface area contributed by atoms with E-state index in [-0.39, 0.29) is 11.8 Å². The van der Waals surface area contributed by atoms with Crippen LogP contribution in [-0.2, 0) is 19.1 Å². The van der Waals surface area contributed by atoms with Crippen molar-refractivity contribution in [2.75, 3.05) is 4.90 Å². The third-order valence-electron chi connectivity index (χ3n) is 9.15. The molecule has 0 spiro atoms. The molecule has 3 aliphatic rings. The second-order valence-corrected chi connectivity index (χ2v) is 11.5. The van der Waals surface area contributed by atoms with Crippen molar-refractivity contribution in [2.45, 2.75) is 18.2 Å². The van der Waals surface area contributed by atoms with Crippen molar-refractivity contribution in [2.24, 2.45) is 11.8 Å². The molecule has 44 heavy (non-hydrogen) atoms. The molecule has 3 aliphatic heterocycles. The van der Waals surface area contributed by atoms with Crippen LogP contribution in [0.25, 0.3) is 16.8 Å². The summed E-state index contributed by atoms with van der Waals surface area (Å²) in [6.07, 6.45) is 3.11. The van der Waals surface area contributed by atoms with E-state index >= 15 is 0 Å². The zero-order valence-corrected chi connectivity index (χ0v) is 23.7. The molecular formula is C38H28N2O4. The summed E-state index contributed by atoms with van der Waals surface area (Å²) in [7, 11) is 0. The molecular weight excluding hydrogens is 548 g/mol. The molecule has 0 saturated carbocycles. The number of hydrogen-bond donors (Lipinski definition) is 0. The largest absolute Gasteiger partial charge is 0.451 e. The highest BCUT2D eigenvalue weighted by molar-refractivity contribution is 6.26. The van der Waals surface area contributed by atoms with Gasteiger partial charge in [-0.15, -0.1) is 0 Å². The second-order valence-electron chi connectivity index (χ2n) is 11.5. The summed E-state index contributed by atoms with van der Waals surface area (Å²) < 4.78 is 6.35. The van der Waals surface area contributed by atoms with E-state index in [1.165, 1.54) is 4.90 Å². The number of benzene rings is 5. The number of amides is 2. The van der Waals surface area contributed by atoms with Gasteiger partial charge in [0.25, 0.3) is 0 Å². The smallest absolute Gasteiger partial charge is 0.330 e. The monoisotopic (exact) mass is 576 g/mol. The number of rotatable bonds is 5. The van der Waals surface area contributed by atoms with Gasteiger partial charge in [0.05, 0.1) is 23.6 Å². The van der Waals surface area contributed by atoms with Gasteiger partial charge in [0.2, 0.25) is 11.8 Å². The number of esters is 1. The van der Waals surface area contributed by atoms with Gasteiger partial charge in [-0.2, -0.15) is 0 Å². The third-order valence-corrected chi connectivity index (χ3v) is 9.15. The van der Waals surface area contributed by atoms with E-state index in [0.29, 0.717) is 5.69 Å². The van der Waals surface area contributed by atoms with Crippen LogP contribution in [0.1, 0.15) is 34.4 Å². The quantitative estimate of drug-likeness (QED) is 0.172. The molecule has 0 bridgehead atoms. The van der Waals surface area contributed by atoms with Crippen molar-refractivity contribution in [1.29, 1.82) is 0 Å². The van der Waals surface area contributed by atoms with Gasteiger partial charge < -0.3 is 9.64 Å². The van der Waals surface area contributed by atoms with Crippen LogP contribution in [0.2, 0.25) is 0 Å². The molecule has 5 aromatic rings. The Morgan fingerprint density at radius 1 is 0.659 bits per heavy atom. The first kappa shape index (κ1) is 26.2. The van der Waals surface area contributed by atoms with E-state index in [4.69, 9.17) is 4.74 Å². The van der Waals surface area contributed by atoms with Crippen LogP contribution in [0.3, 0.4) is 0 Å². The SMILES string of the molecule is O=C(OC(c1ccccc1)c1ccccc1)[C@@H]1[C@H]2C(=O)N(c3cccc4ccccc34)C(=O)[C@@H]2[C@H]2c3ccccc3C=CN12. The van der Waals surface area contributed by atoms with Crippen LogP contribution >= 0.6 is 0 Å². The van der Waals surface area contributed by atoms with Crippen molar-refractivity contribution >= 4 is 40.3 Å². The number of imide groups is 1. The van der Waals surface area contributed by atoms with Crippen LogP contribution in [-0.4, -0.2) is 28.7 Å². The maximum Gasteiger partial charge on any atom is 0.330 e. The summed E-state index contributed by atoms with van der Waals surface area (Å²) in [4.78, 5) is 46.6. The Hall–Kier alpha value is -5.49. The molecule has 0 radical (unpaired) electrons. The van der Waals surface area contributed by atoms with Crippen LogP contribution in [0.15, 0.2) is 134 Å². The molecule has 5 aromatic carbocycles. The average Bonchev–Trinajstić information content (AvgIpc) is 3.56. The number of hydrogen-bond acceptors (Lipinski definition) is 5. The predicted octanol–water partition coefficient (Wildman–Crippen LogP) is 6.69. The molecule has 6 heteroatoms. The highest BCUT2D eigenvalue weighted by Gasteiger charge is 2.65. The number of carbonyl (C=O) groups excluding carboxylic acids is 3. The molecule has 0 aromatic heterocycles. The molecule has 3 heterocycles. The van der Waals surface area contributed by atoms with E-state index in [2.05, 4.69) is 0 Å². The van der Waals surface area contributed by atoms with E-state index in [9.17, 15) is 14.4 Å². The molecule has 0 aliphatic carbocycles. The maximum atomic E-state index is 14.5. The summed E-state index contributed by atoms with van der Waals surface area (Å²) in [6, 6.07) is 38.9. The van der Waals surface area contributed by atoms with Crippen LogP contribution < -0.4 is 4.90 Å².